The standard InChI is InChI=1S/C7H9F3N4/c1-14(2)6-12-3-4(11)5(13-6)7(8,9)10/h3H,11H2,1-2H3. The number of rotatable bonds is 1. The van der Waals surface area contributed by atoms with E-state index in [9.17, 15) is 13.2 Å². The minimum atomic E-state index is -4.54. The maximum atomic E-state index is 12.3. The van der Waals surface area contributed by atoms with Crippen molar-refractivity contribution in [3.8, 4) is 0 Å². The predicted molar refractivity (Wildman–Crippen MR) is 45.8 cm³/mol. The molecule has 0 spiro atoms. The number of nitrogens with two attached hydrogens (primary N) is 1. The smallest absolute Gasteiger partial charge is 0.396 e. The second-order valence-corrected chi connectivity index (χ2v) is 2.87. The van der Waals surface area contributed by atoms with Gasteiger partial charge in [0.25, 0.3) is 0 Å². The molecule has 14 heavy (non-hydrogen) atoms. The zero-order valence-electron chi connectivity index (χ0n) is 7.63. The molecule has 0 aliphatic heterocycles. The van der Waals surface area contributed by atoms with Crippen LogP contribution in [0, 0.1) is 0 Å². The van der Waals surface area contributed by atoms with Gasteiger partial charge < -0.3 is 10.6 Å². The maximum Gasteiger partial charge on any atom is 0.435 e. The number of hydrogen-bond acceptors (Lipinski definition) is 4. The normalized spacial score (nSPS) is 11.5. The molecular weight excluding hydrogens is 197 g/mol. The first-order valence-electron chi connectivity index (χ1n) is 3.69. The monoisotopic (exact) mass is 206 g/mol. The third-order valence-electron chi connectivity index (χ3n) is 1.47. The van der Waals surface area contributed by atoms with E-state index in [-0.39, 0.29) is 5.95 Å². The Morgan fingerprint density at radius 2 is 1.93 bits per heavy atom. The van der Waals surface area contributed by atoms with Crippen molar-refractivity contribution in [2.45, 2.75) is 6.18 Å². The Labute approximate surface area is 78.6 Å². The largest absolute Gasteiger partial charge is 0.435 e. The van der Waals surface area contributed by atoms with E-state index in [1.165, 1.54) is 4.90 Å². The SMILES string of the molecule is CN(C)c1ncc(N)c(C(F)(F)F)n1. The molecule has 4 nitrogen and oxygen atoms in total. The van der Waals surface area contributed by atoms with E-state index in [1.54, 1.807) is 14.1 Å². The molecule has 1 aromatic heterocycles. The number of hydrogen-bond donors (Lipinski definition) is 1. The van der Waals surface area contributed by atoms with Gasteiger partial charge in [0.1, 0.15) is 0 Å². The fraction of sp³-hybridized carbons (Fsp3) is 0.429. The van der Waals surface area contributed by atoms with Crippen molar-refractivity contribution in [3.05, 3.63) is 11.9 Å². The fourth-order valence-corrected chi connectivity index (χ4v) is 0.824. The first-order chi connectivity index (χ1) is 6.32. The van der Waals surface area contributed by atoms with Gasteiger partial charge >= 0.3 is 6.18 Å². The van der Waals surface area contributed by atoms with E-state index < -0.39 is 17.6 Å². The Hall–Kier alpha value is -1.53. The number of nitrogens with zero attached hydrogens (tertiary/aromatic N) is 3. The van der Waals surface area contributed by atoms with Crippen LogP contribution in [0.5, 0.6) is 0 Å². The second kappa shape index (κ2) is 3.32. The topological polar surface area (TPSA) is 55.0 Å². The van der Waals surface area contributed by atoms with Crippen LogP contribution in [0.1, 0.15) is 5.69 Å². The van der Waals surface area contributed by atoms with Crippen LogP contribution < -0.4 is 10.6 Å². The molecule has 1 aromatic rings. The molecule has 1 rings (SSSR count). The summed E-state index contributed by atoms with van der Waals surface area (Å²) in [5.41, 5.74) is 3.54. The lowest BCUT2D eigenvalue weighted by atomic mass is 10.3. The molecule has 0 saturated carbocycles. The summed E-state index contributed by atoms with van der Waals surface area (Å²) in [6.45, 7) is 0. The highest BCUT2D eigenvalue weighted by Gasteiger charge is 2.35. The van der Waals surface area contributed by atoms with E-state index in [1.807, 2.05) is 0 Å². The van der Waals surface area contributed by atoms with Gasteiger partial charge in [-0.25, -0.2) is 9.97 Å². The van der Waals surface area contributed by atoms with Gasteiger partial charge in [-0.05, 0) is 0 Å². The van der Waals surface area contributed by atoms with E-state index in [0.29, 0.717) is 0 Å². The summed E-state index contributed by atoms with van der Waals surface area (Å²) in [6.07, 6.45) is -3.59. The Morgan fingerprint density at radius 1 is 1.36 bits per heavy atom. The molecule has 0 bridgehead atoms. The molecule has 0 saturated heterocycles. The molecule has 0 fully saturated rings. The van der Waals surface area contributed by atoms with Gasteiger partial charge in [0, 0.05) is 14.1 Å². The highest BCUT2D eigenvalue weighted by atomic mass is 19.4. The van der Waals surface area contributed by atoms with Gasteiger partial charge in [-0.1, -0.05) is 0 Å². The number of aromatic nitrogens is 2. The molecular formula is C7H9F3N4. The van der Waals surface area contributed by atoms with Gasteiger partial charge in [0.15, 0.2) is 5.69 Å². The molecule has 0 aliphatic rings. The summed E-state index contributed by atoms with van der Waals surface area (Å²) >= 11 is 0. The lowest BCUT2D eigenvalue weighted by molar-refractivity contribution is -0.140. The Bertz CT molecular complexity index is 334. The highest BCUT2D eigenvalue weighted by molar-refractivity contribution is 5.45. The summed E-state index contributed by atoms with van der Waals surface area (Å²) in [6, 6.07) is 0. The summed E-state index contributed by atoms with van der Waals surface area (Å²) in [5.74, 6) is -0.0217. The lowest BCUT2D eigenvalue weighted by Crippen LogP contribution is -2.18. The first kappa shape index (κ1) is 10.6. The minimum Gasteiger partial charge on any atom is -0.396 e. The van der Waals surface area contributed by atoms with Gasteiger partial charge in [0.05, 0.1) is 11.9 Å². The van der Waals surface area contributed by atoms with Crippen molar-refractivity contribution < 1.29 is 13.2 Å². The van der Waals surface area contributed by atoms with Crippen molar-refractivity contribution in [2.75, 3.05) is 24.7 Å². The van der Waals surface area contributed by atoms with E-state index in [4.69, 9.17) is 5.73 Å². The third kappa shape index (κ3) is 2.04. The summed E-state index contributed by atoms with van der Waals surface area (Å²) in [4.78, 5) is 8.32. The molecule has 7 heteroatoms. The Balaban J connectivity index is 3.22. The van der Waals surface area contributed by atoms with Gasteiger partial charge in [0.2, 0.25) is 5.95 Å². The van der Waals surface area contributed by atoms with Crippen molar-refractivity contribution in [2.24, 2.45) is 0 Å². The number of anilines is 2. The molecule has 78 valence electrons. The van der Waals surface area contributed by atoms with Gasteiger partial charge in [-0.15, -0.1) is 0 Å². The predicted octanol–water partition coefficient (Wildman–Crippen LogP) is 1.14. The molecule has 0 aliphatic carbocycles. The van der Waals surface area contributed by atoms with Crippen LogP contribution >= 0.6 is 0 Å². The lowest BCUT2D eigenvalue weighted by Gasteiger charge is -2.13. The summed E-state index contributed by atoms with van der Waals surface area (Å²) in [7, 11) is 3.09. The van der Waals surface area contributed by atoms with Crippen LogP contribution in [-0.4, -0.2) is 24.1 Å². The Kier molecular flexibility index (Phi) is 2.50. The zero-order chi connectivity index (χ0) is 10.9. The van der Waals surface area contributed by atoms with Gasteiger partial charge in [-0.2, -0.15) is 13.2 Å². The quantitative estimate of drug-likeness (QED) is 0.748. The van der Waals surface area contributed by atoms with E-state index >= 15 is 0 Å². The first-order valence-corrected chi connectivity index (χ1v) is 3.69. The van der Waals surface area contributed by atoms with Crippen molar-refractivity contribution in [3.63, 3.8) is 0 Å². The van der Waals surface area contributed by atoms with Crippen molar-refractivity contribution in [1.29, 1.82) is 0 Å². The highest BCUT2D eigenvalue weighted by Crippen LogP contribution is 2.32. The molecule has 0 amide bonds. The number of halogens is 3. The summed E-state index contributed by atoms with van der Waals surface area (Å²) in [5, 5.41) is 0. The van der Waals surface area contributed by atoms with Crippen LogP contribution in [0.25, 0.3) is 0 Å². The van der Waals surface area contributed by atoms with E-state index in [2.05, 4.69) is 9.97 Å². The van der Waals surface area contributed by atoms with Crippen molar-refractivity contribution >= 4 is 11.6 Å². The molecule has 0 radical (unpaired) electrons. The molecule has 0 atom stereocenters. The minimum absolute atomic E-state index is 0.0217. The molecule has 0 aromatic carbocycles. The number of nitrogen functional groups attached to an aromatic ring is 1. The molecule has 0 unspecified atom stereocenters. The van der Waals surface area contributed by atoms with Crippen LogP contribution in [0.2, 0.25) is 0 Å². The Morgan fingerprint density at radius 3 is 2.36 bits per heavy atom. The average Bonchev–Trinajstić information content (AvgIpc) is 2.02. The maximum absolute atomic E-state index is 12.3. The van der Waals surface area contributed by atoms with Crippen LogP contribution in [0.3, 0.4) is 0 Å². The third-order valence-corrected chi connectivity index (χ3v) is 1.47. The molecule has 1 heterocycles. The van der Waals surface area contributed by atoms with Crippen LogP contribution in [-0.2, 0) is 6.18 Å². The van der Waals surface area contributed by atoms with Crippen molar-refractivity contribution in [1.82, 2.24) is 9.97 Å². The van der Waals surface area contributed by atoms with E-state index in [0.717, 1.165) is 6.20 Å². The number of alkyl halides is 3. The van der Waals surface area contributed by atoms with Gasteiger partial charge in [-0.3, -0.25) is 0 Å². The fourth-order valence-electron chi connectivity index (χ4n) is 0.824. The average molecular weight is 206 g/mol. The van der Waals surface area contributed by atoms with Crippen LogP contribution in [0.15, 0.2) is 6.20 Å². The van der Waals surface area contributed by atoms with Crippen LogP contribution in [0.4, 0.5) is 24.8 Å². The molecule has 2 N–H and O–H groups in total. The second-order valence-electron chi connectivity index (χ2n) is 2.87. The summed E-state index contributed by atoms with van der Waals surface area (Å²) < 4.78 is 36.9. The zero-order valence-corrected chi connectivity index (χ0v) is 7.63.